The van der Waals surface area contributed by atoms with Crippen molar-refractivity contribution in [2.75, 3.05) is 87.9 Å². The number of amides is 12. The Hall–Kier alpha value is -10.4. The van der Waals surface area contributed by atoms with Crippen LogP contribution < -0.4 is 57.9 Å². The van der Waals surface area contributed by atoms with Gasteiger partial charge < -0.3 is 91.8 Å². The molecule has 5 heterocycles. The van der Waals surface area contributed by atoms with E-state index in [0.29, 0.717) is 62.8 Å². The number of hydrogen-bond acceptors (Lipinski definition) is 16. The number of quaternary nitrogens is 1. The number of ether oxygens (including phenoxy) is 3. The molecule has 578 valence electrons. The number of halogens is 1. The zero-order chi connectivity index (χ0) is 77.5. The first kappa shape index (κ1) is 82.3. The van der Waals surface area contributed by atoms with Gasteiger partial charge in [-0.1, -0.05) is 60.7 Å². The number of benzene rings is 4. The van der Waals surface area contributed by atoms with Gasteiger partial charge in [0.2, 0.25) is 70.9 Å². The molecule has 0 spiro atoms. The van der Waals surface area contributed by atoms with E-state index in [2.05, 4.69) is 58.2 Å². The van der Waals surface area contributed by atoms with Crippen molar-refractivity contribution in [3.8, 4) is 5.75 Å². The second-order valence-corrected chi connectivity index (χ2v) is 28.6. The Labute approximate surface area is 621 Å². The third kappa shape index (κ3) is 24.3. The molecule has 12 N–H and O–H groups in total. The van der Waals surface area contributed by atoms with Crippen LogP contribution in [0.5, 0.6) is 5.75 Å². The van der Waals surface area contributed by atoms with Crippen molar-refractivity contribution in [2.45, 2.75) is 158 Å². The maximum Gasteiger partial charge on any atom is 0.246 e. The van der Waals surface area contributed by atoms with Gasteiger partial charge >= 0.3 is 0 Å². The summed E-state index contributed by atoms with van der Waals surface area (Å²) in [5, 5.41) is 39.0. The van der Waals surface area contributed by atoms with Crippen LogP contribution in [0.15, 0.2) is 97.2 Å². The maximum atomic E-state index is 15.6. The van der Waals surface area contributed by atoms with Gasteiger partial charge in [-0.05, 0) is 110 Å². The lowest BCUT2D eigenvalue weighted by atomic mass is 9.95. The lowest BCUT2D eigenvalue weighted by molar-refractivity contribution is -0.870. The van der Waals surface area contributed by atoms with E-state index >= 15 is 28.4 Å². The molecule has 4 aromatic carbocycles. The van der Waals surface area contributed by atoms with Crippen molar-refractivity contribution in [3.05, 3.63) is 136 Å². The standard InChI is InChI=1S/C76H101FN14O16/c1-46-68(97)87-61(45-82-65(95)28-33-106-35-36-107-34-32-91(5,6)7)70(99)84-58-39-51-11-9-12-52(37-51)43-81-63(93)24-23-62(89(4)73(102)60(85-69(58)98)40-53-44-79-57-22-19-54(77)41-56(53)57)71(100)88-67(47(2)92)72(101)86-59(38-49-17-20-55(105-8)21-18-49)74(103)90-31-10-29-76(90,3)75(104)78-30-27-48-13-15-50(16-14-48)42-80-64(94)25-26-66(96)83-46/h9,11-22,37,41,44,46-47,58-62,67,79,92H,10,23-36,38-40,42-43,45H2,1-8H3,(H9-,78,80,81,82,83,84,85,86,87,88,93,94,95,96,97,98,99,100,101,104)/p+1/t46-,47+,58-,59-,60-,61+,62?,67-,76-/m0/s1. The van der Waals surface area contributed by atoms with Crippen molar-refractivity contribution in [1.29, 1.82) is 0 Å². The minimum Gasteiger partial charge on any atom is -0.497 e. The van der Waals surface area contributed by atoms with E-state index in [9.17, 15) is 38.7 Å². The number of aromatic nitrogens is 1. The second-order valence-electron chi connectivity index (χ2n) is 28.6. The summed E-state index contributed by atoms with van der Waals surface area (Å²) in [7, 11) is 8.79. The molecule has 5 aromatic rings. The zero-order valence-corrected chi connectivity index (χ0v) is 62.0. The molecule has 30 nitrogen and oxygen atoms in total. The number of H-pyrrole nitrogens is 1. The molecular formula is C76H102FN14O16+. The molecule has 0 aliphatic carbocycles. The fourth-order valence-electron chi connectivity index (χ4n) is 12.8. The smallest absolute Gasteiger partial charge is 0.246 e. The van der Waals surface area contributed by atoms with Crippen LogP contribution in [0, 0.1) is 5.82 Å². The molecular weight excluding hydrogens is 1380 g/mol. The van der Waals surface area contributed by atoms with Crippen LogP contribution in [0.25, 0.3) is 10.9 Å². The molecule has 12 amide bonds. The topological polar surface area (TPSA) is 395 Å². The molecule has 0 radical (unpaired) electrons. The zero-order valence-electron chi connectivity index (χ0n) is 62.0. The number of hydrogen-bond donors (Lipinski definition) is 12. The van der Waals surface area contributed by atoms with E-state index in [1.165, 1.54) is 57.3 Å². The molecule has 107 heavy (non-hydrogen) atoms. The van der Waals surface area contributed by atoms with E-state index in [4.69, 9.17) is 14.2 Å². The third-order valence-corrected chi connectivity index (χ3v) is 19.2. The first-order valence-corrected chi connectivity index (χ1v) is 36.1. The molecule has 9 rings (SSSR count). The van der Waals surface area contributed by atoms with Crippen molar-refractivity contribution in [3.63, 3.8) is 0 Å². The molecule has 0 saturated carbocycles. The monoisotopic (exact) mass is 1490 g/mol. The van der Waals surface area contributed by atoms with Crippen LogP contribution >= 0.6 is 0 Å². The average molecular weight is 1490 g/mol. The summed E-state index contributed by atoms with van der Waals surface area (Å²) in [5.41, 5.74) is 2.44. The number of aliphatic hydroxyl groups excluding tert-OH is 1. The predicted octanol–water partition coefficient (Wildman–Crippen LogP) is 0.286. The van der Waals surface area contributed by atoms with Crippen molar-refractivity contribution in [1.82, 2.24) is 68.0 Å². The number of aromatic amines is 1. The summed E-state index contributed by atoms with van der Waals surface area (Å²) in [6, 6.07) is 13.2. The van der Waals surface area contributed by atoms with Gasteiger partial charge in [-0.25, -0.2) is 4.39 Å². The van der Waals surface area contributed by atoms with Crippen LogP contribution in [-0.4, -0.2) is 237 Å². The number of carbonyl (C=O) groups excluding carboxylic acids is 12. The molecule has 9 atom stereocenters. The van der Waals surface area contributed by atoms with Crippen LogP contribution in [0.4, 0.5) is 4.39 Å². The molecule has 4 aliphatic rings. The number of nitrogens with one attached hydrogen (secondary N) is 11. The highest BCUT2D eigenvalue weighted by Crippen LogP contribution is 2.31. The molecule has 4 aliphatic heterocycles. The first-order valence-electron chi connectivity index (χ1n) is 36.1. The minimum atomic E-state index is -1.85. The summed E-state index contributed by atoms with van der Waals surface area (Å²) in [4.78, 5) is 179. The Morgan fingerprint density at radius 1 is 0.673 bits per heavy atom. The number of nitrogens with zero attached hydrogens (tertiary/aromatic N) is 3. The molecule has 31 heteroatoms. The summed E-state index contributed by atoms with van der Waals surface area (Å²) in [6.07, 6.45) is -1.60. The van der Waals surface area contributed by atoms with E-state index in [1.54, 1.807) is 67.6 Å². The van der Waals surface area contributed by atoms with Gasteiger partial charge in [0, 0.05) is 102 Å². The van der Waals surface area contributed by atoms with Gasteiger partial charge in [0.25, 0.3) is 0 Å². The normalized spacial score (nSPS) is 23.2. The number of carbonyl (C=O) groups is 12. The Balaban J connectivity index is 1.15. The van der Waals surface area contributed by atoms with E-state index in [1.807, 2.05) is 33.3 Å². The van der Waals surface area contributed by atoms with Crippen LogP contribution in [0.2, 0.25) is 0 Å². The number of rotatable bonds is 17. The summed E-state index contributed by atoms with van der Waals surface area (Å²) in [6.45, 7) is 5.58. The van der Waals surface area contributed by atoms with Crippen LogP contribution in [0.3, 0.4) is 0 Å². The third-order valence-electron chi connectivity index (χ3n) is 19.2. The highest BCUT2D eigenvalue weighted by molar-refractivity contribution is 6.00. The van der Waals surface area contributed by atoms with E-state index < -0.39 is 156 Å². The molecule has 6 bridgehead atoms. The fraction of sp³-hybridized carbons (Fsp3) is 0.500. The number of aliphatic hydroxyl groups is 1. The van der Waals surface area contributed by atoms with E-state index in [0.717, 1.165) is 22.6 Å². The van der Waals surface area contributed by atoms with Crippen LogP contribution in [-0.2, 0) is 106 Å². The fourth-order valence-corrected chi connectivity index (χ4v) is 12.8. The highest BCUT2D eigenvalue weighted by atomic mass is 19.1. The molecule has 1 saturated heterocycles. The molecule has 1 fully saturated rings. The van der Waals surface area contributed by atoms with Crippen molar-refractivity contribution in [2.24, 2.45) is 0 Å². The largest absolute Gasteiger partial charge is 0.497 e. The van der Waals surface area contributed by atoms with Crippen LogP contribution in [0.1, 0.15) is 99.1 Å². The van der Waals surface area contributed by atoms with Gasteiger partial charge in [-0.2, -0.15) is 0 Å². The summed E-state index contributed by atoms with van der Waals surface area (Å²) >= 11 is 0. The Bertz CT molecular complexity index is 3980. The molecule has 1 unspecified atom stereocenters. The summed E-state index contributed by atoms with van der Waals surface area (Å²) in [5.74, 6) is -9.58. The lowest BCUT2D eigenvalue weighted by Gasteiger charge is -2.37. The quantitative estimate of drug-likeness (QED) is 0.0338. The SMILES string of the molecule is COc1ccc(C[C@@H]2NC(=O)[C@H]([C@@H](C)O)NC(=O)C3CCC(=O)NCc4cccc(c4)C[C@H](NC(=O)[C@@H](CNC(=O)CCOCCOCC[N+](C)(C)C)NC(=O)[C@H](C)NC(=O)CCC(=O)NCc4ccc(cc4)CCNC(=O)[C@]4(C)CCCN4C2=O)C(=O)N[C@@H](Cc2c[nH]c4ccc(F)cc24)C(=O)N3C)cc1. The molecule has 1 aromatic heterocycles. The van der Waals surface area contributed by atoms with Gasteiger partial charge in [0.05, 0.1) is 60.8 Å². The number of likely N-dealkylation sites (N-methyl/N-ethyl adjacent to an activating group) is 2. The average Bonchev–Trinajstić information content (AvgIpc) is 1.68. The van der Waals surface area contributed by atoms with E-state index in [-0.39, 0.29) is 84.5 Å². The Morgan fingerprint density at radius 3 is 2.04 bits per heavy atom. The lowest BCUT2D eigenvalue weighted by Crippen LogP contribution is -2.63. The summed E-state index contributed by atoms with van der Waals surface area (Å²) < 4.78 is 32.5. The van der Waals surface area contributed by atoms with Gasteiger partial charge in [-0.3, -0.25) is 57.5 Å². The Kier molecular flexibility index (Phi) is 29.8. The number of fused-ring (bicyclic) bond motifs is 26. The van der Waals surface area contributed by atoms with Gasteiger partial charge in [-0.15, -0.1) is 0 Å². The number of methoxy groups -OCH3 is 1. The second kappa shape index (κ2) is 38.8. The highest BCUT2D eigenvalue weighted by Gasteiger charge is 2.48. The first-order chi connectivity index (χ1) is 51.0. The van der Waals surface area contributed by atoms with Crippen molar-refractivity contribution < 1.29 is 85.7 Å². The minimum absolute atomic E-state index is 0.0434. The predicted molar refractivity (Wildman–Crippen MR) is 391 cm³/mol. The van der Waals surface area contributed by atoms with Crippen molar-refractivity contribution >= 4 is 81.8 Å². The van der Waals surface area contributed by atoms with Gasteiger partial charge in [0.15, 0.2) is 0 Å². The Morgan fingerprint density at radius 2 is 1.33 bits per heavy atom. The van der Waals surface area contributed by atoms with Gasteiger partial charge in [0.1, 0.15) is 65.9 Å². The maximum absolute atomic E-state index is 15.6.